The summed E-state index contributed by atoms with van der Waals surface area (Å²) in [5.74, 6) is -0.157. The molecule has 1 aromatic rings. The first kappa shape index (κ1) is 22.1. The number of rotatable bonds is 9. The van der Waals surface area contributed by atoms with Gasteiger partial charge in [-0.15, -0.1) is 0 Å². The van der Waals surface area contributed by atoms with E-state index in [0.717, 1.165) is 5.56 Å². The molecule has 140 valence electrons. The van der Waals surface area contributed by atoms with Crippen LogP contribution in [-0.4, -0.2) is 36.2 Å². The van der Waals surface area contributed by atoms with Crippen molar-refractivity contribution in [1.82, 2.24) is 10.6 Å². The van der Waals surface area contributed by atoms with Gasteiger partial charge in [-0.1, -0.05) is 43.1 Å². The Hall–Kier alpha value is -0.950. The van der Waals surface area contributed by atoms with Crippen molar-refractivity contribution in [3.63, 3.8) is 0 Å². The molecule has 0 fully saturated rings. The molecule has 1 rings (SSSR count). The van der Waals surface area contributed by atoms with Crippen LogP contribution in [0.2, 0.25) is 10.0 Å². The first-order valence-corrected chi connectivity index (χ1v) is 9.51. The summed E-state index contributed by atoms with van der Waals surface area (Å²) < 4.78 is 0. The van der Waals surface area contributed by atoms with Gasteiger partial charge in [-0.25, -0.2) is 0 Å². The number of benzene rings is 1. The first-order valence-electron chi connectivity index (χ1n) is 8.13. The monoisotopic (exact) mass is 405 g/mol. The Balaban J connectivity index is 2.49. The number of nitrogens with one attached hydrogen (secondary N) is 2. The summed E-state index contributed by atoms with van der Waals surface area (Å²) in [5, 5.41) is 6.54. The fourth-order valence-corrected chi connectivity index (χ4v) is 3.02. The number of carbonyl (C=O) groups is 2. The van der Waals surface area contributed by atoms with E-state index in [2.05, 4.69) is 23.3 Å². The van der Waals surface area contributed by atoms with Gasteiger partial charge in [0.05, 0.1) is 6.04 Å². The molecular weight excluding hydrogens is 381 g/mol. The van der Waals surface area contributed by atoms with E-state index in [1.165, 1.54) is 0 Å². The van der Waals surface area contributed by atoms with Gasteiger partial charge >= 0.3 is 0 Å². The fraction of sp³-hybridized carbons (Fsp3) is 0.529. The summed E-state index contributed by atoms with van der Waals surface area (Å²) in [6.07, 6.45) is 1.11. The van der Waals surface area contributed by atoms with Crippen molar-refractivity contribution in [2.24, 2.45) is 11.7 Å². The van der Waals surface area contributed by atoms with E-state index < -0.39 is 12.1 Å². The second kappa shape index (κ2) is 10.9. The van der Waals surface area contributed by atoms with Crippen molar-refractivity contribution in [1.29, 1.82) is 0 Å². The van der Waals surface area contributed by atoms with Crippen LogP contribution in [0.5, 0.6) is 0 Å². The van der Waals surface area contributed by atoms with Crippen molar-refractivity contribution in [2.75, 3.05) is 12.3 Å². The van der Waals surface area contributed by atoms with Crippen LogP contribution in [0.1, 0.15) is 25.8 Å². The van der Waals surface area contributed by atoms with Crippen molar-refractivity contribution in [2.45, 2.75) is 38.8 Å². The number of carbonyl (C=O) groups excluding carboxylic acids is 2. The van der Waals surface area contributed by atoms with Crippen LogP contribution in [0, 0.1) is 5.92 Å². The lowest BCUT2D eigenvalue weighted by atomic mass is 10.0. The van der Waals surface area contributed by atoms with Gasteiger partial charge in [0.15, 0.2) is 0 Å². The Bertz CT molecular complexity index is 599. The number of amides is 2. The lowest BCUT2D eigenvalue weighted by Gasteiger charge is -2.20. The third-order valence-corrected chi connectivity index (χ3v) is 4.54. The highest BCUT2D eigenvalue weighted by atomic mass is 35.5. The molecule has 0 saturated carbocycles. The molecule has 8 heteroatoms. The highest BCUT2D eigenvalue weighted by Gasteiger charge is 2.22. The van der Waals surface area contributed by atoms with Gasteiger partial charge in [-0.3, -0.25) is 9.59 Å². The van der Waals surface area contributed by atoms with Crippen LogP contribution in [0.25, 0.3) is 0 Å². The molecule has 0 aliphatic carbocycles. The zero-order valence-corrected chi connectivity index (χ0v) is 16.8. The molecule has 0 saturated heterocycles. The topological polar surface area (TPSA) is 84.2 Å². The van der Waals surface area contributed by atoms with Crippen molar-refractivity contribution in [3.05, 3.63) is 33.8 Å². The molecule has 5 nitrogen and oxygen atoms in total. The van der Waals surface area contributed by atoms with Crippen molar-refractivity contribution < 1.29 is 9.59 Å². The van der Waals surface area contributed by atoms with E-state index in [1.54, 1.807) is 12.1 Å². The van der Waals surface area contributed by atoms with Gasteiger partial charge in [-0.05, 0) is 36.5 Å². The summed E-state index contributed by atoms with van der Waals surface area (Å²) in [4.78, 5) is 24.3. The van der Waals surface area contributed by atoms with Gasteiger partial charge in [-0.2, -0.15) is 12.6 Å². The molecule has 1 aromatic carbocycles. The largest absolute Gasteiger partial charge is 0.354 e. The number of hydrogen-bond donors (Lipinski definition) is 4. The SMILES string of the molecule is CC(C)CC(N)C(=O)NC(CS)C(=O)NCCc1ccc(Cl)cc1Cl. The summed E-state index contributed by atoms with van der Waals surface area (Å²) in [5.41, 5.74) is 6.72. The zero-order valence-electron chi connectivity index (χ0n) is 14.4. The Kier molecular flexibility index (Phi) is 9.64. The van der Waals surface area contributed by atoms with Gasteiger partial charge in [0, 0.05) is 22.3 Å². The smallest absolute Gasteiger partial charge is 0.243 e. The average molecular weight is 406 g/mol. The summed E-state index contributed by atoms with van der Waals surface area (Å²) in [7, 11) is 0. The molecule has 25 heavy (non-hydrogen) atoms. The van der Waals surface area contributed by atoms with Crippen LogP contribution >= 0.6 is 35.8 Å². The molecule has 0 heterocycles. The number of nitrogens with two attached hydrogens (primary N) is 1. The molecule has 0 bridgehead atoms. The predicted octanol–water partition coefficient (Wildman–Crippen LogP) is 2.44. The van der Waals surface area contributed by atoms with Gasteiger partial charge in [0.1, 0.15) is 6.04 Å². The van der Waals surface area contributed by atoms with Crippen LogP contribution < -0.4 is 16.4 Å². The normalized spacial score (nSPS) is 13.4. The average Bonchev–Trinajstić information content (AvgIpc) is 2.53. The summed E-state index contributed by atoms with van der Waals surface area (Å²) in [6.45, 7) is 4.36. The maximum Gasteiger partial charge on any atom is 0.243 e. The predicted molar refractivity (Wildman–Crippen MR) is 106 cm³/mol. The van der Waals surface area contributed by atoms with E-state index in [9.17, 15) is 9.59 Å². The maximum atomic E-state index is 12.2. The first-order chi connectivity index (χ1) is 11.7. The third kappa shape index (κ3) is 7.86. The Labute approximate surface area is 164 Å². The lowest BCUT2D eigenvalue weighted by Crippen LogP contribution is -2.53. The summed E-state index contributed by atoms with van der Waals surface area (Å²) in [6, 6.07) is 3.86. The molecule has 0 spiro atoms. The molecule has 0 radical (unpaired) electrons. The van der Waals surface area contributed by atoms with Crippen LogP contribution in [0.15, 0.2) is 18.2 Å². The number of thiol groups is 1. The lowest BCUT2D eigenvalue weighted by molar-refractivity contribution is -0.129. The minimum atomic E-state index is -0.727. The van der Waals surface area contributed by atoms with Gasteiger partial charge in [0.2, 0.25) is 11.8 Å². The van der Waals surface area contributed by atoms with Gasteiger partial charge in [0.25, 0.3) is 0 Å². The third-order valence-electron chi connectivity index (χ3n) is 3.59. The number of halogens is 2. The molecule has 0 aliphatic rings. The molecule has 4 N–H and O–H groups in total. The van der Waals surface area contributed by atoms with E-state index in [-0.39, 0.29) is 17.6 Å². The van der Waals surface area contributed by atoms with Crippen LogP contribution in [0.4, 0.5) is 0 Å². The standard InChI is InChI=1S/C17H25Cl2N3O2S/c1-10(2)7-14(20)16(23)22-15(9-25)17(24)21-6-5-11-3-4-12(18)8-13(11)19/h3-4,8,10,14-15,25H,5-7,9,20H2,1-2H3,(H,21,24)(H,22,23). The Morgan fingerprint density at radius 2 is 1.92 bits per heavy atom. The second-order valence-electron chi connectivity index (χ2n) is 6.26. The molecule has 2 amide bonds. The molecule has 2 unspecified atom stereocenters. The highest BCUT2D eigenvalue weighted by molar-refractivity contribution is 7.80. The summed E-state index contributed by atoms with van der Waals surface area (Å²) >= 11 is 16.1. The van der Waals surface area contributed by atoms with Crippen molar-refractivity contribution in [3.8, 4) is 0 Å². The number of hydrogen-bond acceptors (Lipinski definition) is 4. The minimum absolute atomic E-state index is 0.188. The Morgan fingerprint density at radius 1 is 1.24 bits per heavy atom. The molecule has 0 aromatic heterocycles. The van der Waals surface area contributed by atoms with E-state index >= 15 is 0 Å². The van der Waals surface area contributed by atoms with Crippen LogP contribution in [0.3, 0.4) is 0 Å². The molecular formula is C17H25Cl2N3O2S. The van der Waals surface area contributed by atoms with E-state index in [0.29, 0.717) is 35.3 Å². The minimum Gasteiger partial charge on any atom is -0.354 e. The molecule has 0 aliphatic heterocycles. The quantitative estimate of drug-likeness (QED) is 0.476. The molecule has 2 atom stereocenters. The maximum absolute atomic E-state index is 12.2. The van der Waals surface area contributed by atoms with Crippen molar-refractivity contribution >= 4 is 47.6 Å². The highest BCUT2D eigenvalue weighted by Crippen LogP contribution is 2.21. The zero-order chi connectivity index (χ0) is 19.0. The fourth-order valence-electron chi connectivity index (χ4n) is 2.26. The van der Waals surface area contributed by atoms with E-state index in [4.69, 9.17) is 28.9 Å². The van der Waals surface area contributed by atoms with Crippen LogP contribution in [-0.2, 0) is 16.0 Å². The Morgan fingerprint density at radius 3 is 2.48 bits per heavy atom. The second-order valence-corrected chi connectivity index (χ2v) is 7.47. The van der Waals surface area contributed by atoms with E-state index in [1.807, 2.05) is 19.9 Å². The van der Waals surface area contributed by atoms with Gasteiger partial charge < -0.3 is 16.4 Å².